The van der Waals surface area contributed by atoms with Crippen molar-refractivity contribution < 1.29 is 4.74 Å². The van der Waals surface area contributed by atoms with E-state index in [1.54, 1.807) is 7.11 Å². The van der Waals surface area contributed by atoms with Gasteiger partial charge in [-0.3, -0.25) is 4.99 Å². The summed E-state index contributed by atoms with van der Waals surface area (Å²) in [6.45, 7) is 5.13. The number of rotatable bonds is 4. The van der Waals surface area contributed by atoms with Gasteiger partial charge in [0.2, 0.25) is 0 Å². The molecule has 18 heavy (non-hydrogen) atoms. The van der Waals surface area contributed by atoms with Crippen molar-refractivity contribution in [2.24, 2.45) is 10.7 Å². The molecule has 1 aromatic rings. The molecule has 2 N–H and O–H groups in total. The van der Waals surface area contributed by atoms with Crippen LogP contribution in [0.4, 0.5) is 0 Å². The Labute approximate surface area is 115 Å². The maximum atomic E-state index is 5.88. The predicted molar refractivity (Wildman–Crippen MR) is 76.8 cm³/mol. The predicted octanol–water partition coefficient (Wildman–Crippen LogP) is 2.32. The number of nitrogens with two attached hydrogens (primary N) is 1. The molecule has 0 amide bonds. The molecule has 0 aromatic heterocycles. The van der Waals surface area contributed by atoms with Gasteiger partial charge in [-0.15, -0.1) is 6.58 Å². The summed E-state index contributed by atoms with van der Waals surface area (Å²) < 4.78 is 6.16. The van der Waals surface area contributed by atoms with Gasteiger partial charge in [0.05, 0.1) is 24.2 Å². The van der Waals surface area contributed by atoms with E-state index in [1.165, 1.54) is 0 Å². The molecule has 0 radical (unpaired) electrons. The van der Waals surface area contributed by atoms with E-state index >= 15 is 0 Å². The van der Waals surface area contributed by atoms with E-state index in [-0.39, 0.29) is 6.04 Å². The van der Waals surface area contributed by atoms with Crippen LogP contribution < -0.4 is 10.5 Å². The molecule has 0 fully saturated rings. The number of guanidine groups is 1. The summed E-state index contributed by atoms with van der Waals surface area (Å²) in [5.41, 5.74) is 7.04. The van der Waals surface area contributed by atoms with Crippen LogP contribution in [0.5, 0.6) is 5.75 Å². The van der Waals surface area contributed by atoms with E-state index in [0.29, 0.717) is 19.0 Å². The van der Waals surface area contributed by atoms with Crippen molar-refractivity contribution in [2.45, 2.75) is 6.04 Å². The Kier molecular flexibility index (Phi) is 3.91. The number of nitrogens with zero attached hydrogens (tertiary/aromatic N) is 2. The van der Waals surface area contributed by atoms with Crippen LogP contribution in [0.2, 0.25) is 0 Å². The molecule has 1 aromatic carbocycles. The summed E-state index contributed by atoms with van der Waals surface area (Å²) >= 11 is 3.50. The molecule has 1 aliphatic rings. The topological polar surface area (TPSA) is 50.8 Å². The minimum absolute atomic E-state index is 0.171. The van der Waals surface area contributed by atoms with Crippen molar-refractivity contribution in [2.75, 3.05) is 20.2 Å². The third-order valence-electron chi connectivity index (χ3n) is 2.98. The third-order valence-corrected chi connectivity index (χ3v) is 3.60. The summed E-state index contributed by atoms with van der Waals surface area (Å²) in [5, 5.41) is 0. The van der Waals surface area contributed by atoms with Crippen molar-refractivity contribution in [1.82, 2.24) is 4.90 Å². The quantitative estimate of drug-likeness (QED) is 0.868. The molecule has 1 atom stereocenters. The fourth-order valence-corrected chi connectivity index (χ4v) is 2.62. The lowest BCUT2D eigenvalue weighted by Gasteiger charge is -2.25. The maximum absolute atomic E-state index is 5.88. The van der Waals surface area contributed by atoms with Crippen molar-refractivity contribution >= 4 is 21.9 Å². The molecule has 1 aliphatic heterocycles. The van der Waals surface area contributed by atoms with Gasteiger partial charge in [0.25, 0.3) is 0 Å². The smallest absolute Gasteiger partial charge is 0.192 e. The van der Waals surface area contributed by atoms with Crippen LogP contribution >= 0.6 is 15.9 Å². The van der Waals surface area contributed by atoms with Gasteiger partial charge in [0, 0.05) is 6.54 Å². The Hall–Kier alpha value is -1.49. The Morgan fingerprint density at radius 3 is 3.06 bits per heavy atom. The van der Waals surface area contributed by atoms with Crippen molar-refractivity contribution in [1.29, 1.82) is 0 Å². The highest BCUT2D eigenvalue weighted by Gasteiger charge is 2.26. The molecular weight excluding hydrogens is 294 g/mol. The van der Waals surface area contributed by atoms with Crippen LogP contribution in [0, 0.1) is 0 Å². The molecule has 0 bridgehead atoms. The lowest BCUT2D eigenvalue weighted by atomic mass is 10.1. The van der Waals surface area contributed by atoms with Crippen molar-refractivity contribution in [3.63, 3.8) is 0 Å². The van der Waals surface area contributed by atoms with Gasteiger partial charge < -0.3 is 15.4 Å². The van der Waals surface area contributed by atoms with Crippen LogP contribution in [-0.4, -0.2) is 31.1 Å². The highest BCUT2D eigenvalue weighted by Crippen LogP contribution is 2.32. The first-order valence-corrected chi connectivity index (χ1v) is 6.47. The van der Waals surface area contributed by atoms with E-state index in [0.717, 1.165) is 15.8 Å². The minimum Gasteiger partial charge on any atom is -0.496 e. The average Bonchev–Trinajstić information content (AvgIpc) is 2.72. The average molecular weight is 310 g/mol. The first-order chi connectivity index (χ1) is 8.67. The molecule has 0 saturated carbocycles. The minimum atomic E-state index is 0.171. The highest BCUT2D eigenvalue weighted by atomic mass is 79.9. The van der Waals surface area contributed by atoms with E-state index < -0.39 is 0 Å². The number of methoxy groups -OCH3 is 1. The number of aliphatic imine (C=N–C) groups is 1. The molecule has 0 aliphatic carbocycles. The van der Waals surface area contributed by atoms with Gasteiger partial charge in [-0.2, -0.15) is 0 Å². The Morgan fingerprint density at radius 2 is 2.44 bits per heavy atom. The Bertz CT molecular complexity index is 487. The van der Waals surface area contributed by atoms with E-state index in [9.17, 15) is 0 Å². The lowest BCUT2D eigenvalue weighted by Crippen LogP contribution is -2.36. The maximum Gasteiger partial charge on any atom is 0.192 e. The Balaban J connectivity index is 2.26. The van der Waals surface area contributed by atoms with E-state index in [4.69, 9.17) is 10.5 Å². The molecular formula is C13H16BrN3O. The third kappa shape index (κ3) is 2.36. The largest absolute Gasteiger partial charge is 0.496 e. The van der Waals surface area contributed by atoms with Crippen LogP contribution in [0.1, 0.15) is 11.6 Å². The normalized spacial score (nSPS) is 18.7. The molecule has 5 heteroatoms. The number of halogens is 1. The highest BCUT2D eigenvalue weighted by molar-refractivity contribution is 9.10. The molecule has 1 unspecified atom stereocenters. The van der Waals surface area contributed by atoms with Gasteiger partial charge in [-0.05, 0) is 33.6 Å². The number of hydrogen-bond acceptors (Lipinski definition) is 4. The van der Waals surface area contributed by atoms with E-state index in [2.05, 4.69) is 27.5 Å². The standard InChI is InChI=1S/C13H16BrN3O/c1-3-6-17-11(8-16-13(17)15)9-4-5-12(18-2)10(14)7-9/h3-5,7,11H,1,6,8H2,2H3,(H2,15,16). The van der Waals surface area contributed by atoms with Crippen LogP contribution in [0.25, 0.3) is 0 Å². The summed E-state index contributed by atoms with van der Waals surface area (Å²) in [5.74, 6) is 1.40. The number of ether oxygens (including phenoxy) is 1. The van der Waals surface area contributed by atoms with E-state index in [1.807, 2.05) is 29.2 Å². The zero-order valence-electron chi connectivity index (χ0n) is 10.3. The van der Waals surface area contributed by atoms with Crippen LogP contribution in [0.3, 0.4) is 0 Å². The lowest BCUT2D eigenvalue weighted by molar-refractivity contribution is 0.378. The van der Waals surface area contributed by atoms with Gasteiger partial charge in [-0.1, -0.05) is 12.1 Å². The second-order valence-corrected chi connectivity index (χ2v) is 4.90. The number of benzene rings is 1. The van der Waals surface area contributed by atoms with Gasteiger partial charge in [0.1, 0.15) is 5.75 Å². The molecule has 0 saturated heterocycles. The molecule has 2 rings (SSSR count). The SMILES string of the molecule is C=CCN1C(N)=NCC1c1ccc(OC)c(Br)c1. The summed E-state index contributed by atoms with van der Waals surface area (Å²) in [4.78, 5) is 6.34. The first-order valence-electron chi connectivity index (χ1n) is 5.68. The van der Waals surface area contributed by atoms with Gasteiger partial charge in [-0.25, -0.2) is 0 Å². The molecule has 4 nitrogen and oxygen atoms in total. The molecule has 96 valence electrons. The van der Waals surface area contributed by atoms with Gasteiger partial charge in [0.15, 0.2) is 5.96 Å². The summed E-state index contributed by atoms with van der Waals surface area (Å²) in [6, 6.07) is 6.21. The number of hydrogen-bond donors (Lipinski definition) is 1. The zero-order valence-corrected chi connectivity index (χ0v) is 11.9. The second kappa shape index (κ2) is 5.44. The Morgan fingerprint density at radius 1 is 1.67 bits per heavy atom. The summed E-state index contributed by atoms with van der Waals surface area (Å²) in [6.07, 6.45) is 1.83. The monoisotopic (exact) mass is 309 g/mol. The van der Waals surface area contributed by atoms with Gasteiger partial charge >= 0.3 is 0 Å². The van der Waals surface area contributed by atoms with Crippen LogP contribution in [-0.2, 0) is 0 Å². The summed E-state index contributed by atoms with van der Waals surface area (Å²) in [7, 11) is 1.65. The fourth-order valence-electron chi connectivity index (χ4n) is 2.06. The van der Waals surface area contributed by atoms with Crippen molar-refractivity contribution in [3.05, 3.63) is 40.9 Å². The second-order valence-electron chi connectivity index (χ2n) is 4.05. The molecule has 1 heterocycles. The fraction of sp³-hybridized carbons (Fsp3) is 0.308. The first kappa shape index (κ1) is 13.0. The van der Waals surface area contributed by atoms with Crippen molar-refractivity contribution in [3.8, 4) is 5.75 Å². The molecule has 0 spiro atoms. The zero-order chi connectivity index (χ0) is 13.1. The van der Waals surface area contributed by atoms with Crippen LogP contribution in [0.15, 0.2) is 40.3 Å².